The van der Waals surface area contributed by atoms with E-state index in [1.165, 1.54) is 0 Å². The van der Waals surface area contributed by atoms with Gasteiger partial charge in [0.15, 0.2) is 0 Å². The van der Waals surface area contributed by atoms with Crippen molar-refractivity contribution in [2.45, 2.75) is 32.7 Å². The average molecular weight is 279 g/mol. The van der Waals surface area contributed by atoms with E-state index < -0.39 is 18.0 Å². The summed E-state index contributed by atoms with van der Waals surface area (Å²) in [5.41, 5.74) is 0.879. The molecule has 20 heavy (non-hydrogen) atoms. The summed E-state index contributed by atoms with van der Waals surface area (Å²) >= 11 is 0. The molecular formula is C14H21N3O3. The molecule has 1 aromatic heterocycles. The molecule has 0 fully saturated rings. The van der Waals surface area contributed by atoms with Gasteiger partial charge < -0.3 is 15.7 Å². The number of nitrogens with one attached hydrogen (secondary N) is 2. The first-order chi connectivity index (χ1) is 9.54. The summed E-state index contributed by atoms with van der Waals surface area (Å²) in [6.07, 6.45) is 2.99. The normalized spacial score (nSPS) is 13.3. The number of carbonyl (C=O) groups is 2. The van der Waals surface area contributed by atoms with Gasteiger partial charge in [-0.05, 0) is 18.1 Å². The smallest absolute Gasteiger partial charge is 0.326 e. The molecule has 1 heterocycles. The Morgan fingerprint density at radius 3 is 2.70 bits per heavy atom. The first-order valence-electron chi connectivity index (χ1n) is 6.71. The van der Waals surface area contributed by atoms with Gasteiger partial charge >= 0.3 is 12.0 Å². The standard InChI is InChI=1S/C14H21N3O3/c1-3-10(2)12(13(18)19)17-14(20)16-9-7-11-6-4-5-8-15-11/h4-6,8,10,12H,3,7,9H2,1-2H3,(H,18,19)(H2,16,17,20). The second kappa shape index (κ2) is 8.14. The predicted octanol–water partition coefficient (Wildman–Crippen LogP) is 1.42. The van der Waals surface area contributed by atoms with Crippen molar-refractivity contribution in [3.05, 3.63) is 30.1 Å². The van der Waals surface area contributed by atoms with E-state index in [0.29, 0.717) is 19.4 Å². The molecule has 0 bridgehead atoms. The third kappa shape index (κ3) is 5.26. The van der Waals surface area contributed by atoms with Crippen LogP contribution in [-0.2, 0) is 11.2 Å². The van der Waals surface area contributed by atoms with Crippen LogP contribution in [0.2, 0.25) is 0 Å². The van der Waals surface area contributed by atoms with Crippen LogP contribution in [0.1, 0.15) is 26.0 Å². The molecule has 1 rings (SSSR count). The topological polar surface area (TPSA) is 91.3 Å². The van der Waals surface area contributed by atoms with Crippen LogP contribution in [0.25, 0.3) is 0 Å². The van der Waals surface area contributed by atoms with Crippen LogP contribution in [0.5, 0.6) is 0 Å². The van der Waals surface area contributed by atoms with Gasteiger partial charge in [0.2, 0.25) is 0 Å². The highest BCUT2D eigenvalue weighted by Gasteiger charge is 2.24. The quantitative estimate of drug-likeness (QED) is 0.704. The molecule has 1 aromatic rings. The minimum absolute atomic E-state index is 0.117. The van der Waals surface area contributed by atoms with Gasteiger partial charge in [0.05, 0.1) is 0 Å². The Morgan fingerprint density at radius 1 is 1.40 bits per heavy atom. The Morgan fingerprint density at radius 2 is 2.15 bits per heavy atom. The summed E-state index contributed by atoms with van der Waals surface area (Å²) in [5, 5.41) is 14.2. The van der Waals surface area contributed by atoms with Gasteiger partial charge in [-0.3, -0.25) is 4.98 Å². The molecule has 0 aromatic carbocycles. The maximum atomic E-state index is 11.7. The van der Waals surface area contributed by atoms with Crippen LogP contribution in [0.4, 0.5) is 4.79 Å². The monoisotopic (exact) mass is 279 g/mol. The van der Waals surface area contributed by atoms with Gasteiger partial charge in [-0.25, -0.2) is 9.59 Å². The van der Waals surface area contributed by atoms with E-state index in [4.69, 9.17) is 5.11 Å². The van der Waals surface area contributed by atoms with E-state index >= 15 is 0 Å². The van der Waals surface area contributed by atoms with Crippen molar-refractivity contribution in [1.82, 2.24) is 15.6 Å². The number of carboxylic acid groups (broad SMARTS) is 1. The number of nitrogens with zero attached hydrogens (tertiary/aromatic N) is 1. The first kappa shape index (κ1) is 15.9. The van der Waals surface area contributed by atoms with Crippen LogP contribution >= 0.6 is 0 Å². The van der Waals surface area contributed by atoms with Gasteiger partial charge in [-0.2, -0.15) is 0 Å². The van der Waals surface area contributed by atoms with Crippen molar-refractivity contribution in [1.29, 1.82) is 0 Å². The third-order valence-electron chi connectivity index (χ3n) is 3.16. The summed E-state index contributed by atoms with van der Waals surface area (Å²) in [6.45, 7) is 4.10. The van der Waals surface area contributed by atoms with E-state index in [9.17, 15) is 9.59 Å². The van der Waals surface area contributed by atoms with E-state index in [0.717, 1.165) is 5.69 Å². The second-order valence-electron chi connectivity index (χ2n) is 4.67. The third-order valence-corrected chi connectivity index (χ3v) is 3.16. The number of aliphatic carboxylic acids is 1. The minimum atomic E-state index is -1.01. The van der Waals surface area contributed by atoms with Crippen molar-refractivity contribution < 1.29 is 14.7 Å². The molecule has 0 radical (unpaired) electrons. The zero-order valence-corrected chi connectivity index (χ0v) is 11.8. The van der Waals surface area contributed by atoms with E-state index in [1.807, 2.05) is 25.1 Å². The Kier molecular flexibility index (Phi) is 6.49. The summed E-state index contributed by atoms with van der Waals surface area (Å²) in [6, 6.07) is 4.25. The maximum Gasteiger partial charge on any atom is 0.326 e. The number of urea groups is 1. The van der Waals surface area contributed by atoms with Crippen molar-refractivity contribution in [2.75, 3.05) is 6.54 Å². The zero-order chi connectivity index (χ0) is 15.0. The van der Waals surface area contributed by atoms with Crippen molar-refractivity contribution in [2.24, 2.45) is 5.92 Å². The number of carbonyl (C=O) groups excluding carboxylic acids is 1. The highest BCUT2D eigenvalue weighted by molar-refractivity contribution is 5.82. The van der Waals surface area contributed by atoms with Gasteiger partial charge in [0.25, 0.3) is 0 Å². The zero-order valence-electron chi connectivity index (χ0n) is 11.8. The van der Waals surface area contributed by atoms with E-state index in [-0.39, 0.29) is 5.92 Å². The Labute approximate surface area is 118 Å². The summed E-state index contributed by atoms with van der Waals surface area (Å²) in [4.78, 5) is 26.9. The Balaban J connectivity index is 2.37. The predicted molar refractivity (Wildman–Crippen MR) is 75.4 cm³/mol. The molecule has 110 valence electrons. The van der Waals surface area contributed by atoms with Crippen LogP contribution < -0.4 is 10.6 Å². The molecule has 0 aliphatic heterocycles. The van der Waals surface area contributed by atoms with Crippen LogP contribution in [-0.4, -0.2) is 34.7 Å². The highest BCUT2D eigenvalue weighted by atomic mass is 16.4. The number of pyridine rings is 1. The Hall–Kier alpha value is -2.11. The lowest BCUT2D eigenvalue weighted by atomic mass is 9.99. The summed E-state index contributed by atoms with van der Waals surface area (Å²) < 4.78 is 0. The number of carboxylic acids is 1. The fraction of sp³-hybridized carbons (Fsp3) is 0.500. The van der Waals surface area contributed by atoms with Crippen molar-refractivity contribution >= 4 is 12.0 Å². The number of amides is 2. The molecule has 2 atom stereocenters. The SMILES string of the molecule is CCC(C)C(NC(=O)NCCc1ccccn1)C(=O)O. The molecule has 0 spiro atoms. The number of hydrogen-bond donors (Lipinski definition) is 3. The number of aromatic nitrogens is 1. The van der Waals surface area contributed by atoms with Gasteiger partial charge in [-0.15, -0.1) is 0 Å². The van der Waals surface area contributed by atoms with Crippen LogP contribution in [0.3, 0.4) is 0 Å². The minimum Gasteiger partial charge on any atom is -0.480 e. The molecule has 0 saturated heterocycles. The second-order valence-corrected chi connectivity index (χ2v) is 4.67. The molecule has 0 aliphatic rings. The Bertz CT molecular complexity index is 437. The molecule has 0 saturated carbocycles. The summed E-state index contributed by atoms with van der Waals surface area (Å²) in [5.74, 6) is -1.13. The van der Waals surface area contributed by atoms with E-state index in [2.05, 4.69) is 15.6 Å². The number of hydrogen-bond acceptors (Lipinski definition) is 3. The maximum absolute atomic E-state index is 11.7. The van der Waals surface area contributed by atoms with Gasteiger partial charge in [0, 0.05) is 24.9 Å². The lowest BCUT2D eigenvalue weighted by Crippen LogP contribution is -2.49. The molecular weight excluding hydrogens is 258 g/mol. The fourth-order valence-electron chi connectivity index (χ4n) is 1.73. The van der Waals surface area contributed by atoms with Crippen molar-refractivity contribution in [3.63, 3.8) is 0 Å². The number of rotatable bonds is 7. The van der Waals surface area contributed by atoms with E-state index in [1.54, 1.807) is 13.1 Å². The molecule has 6 heteroatoms. The average Bonchev–Trinajstić information content (AvgIpc) is 2.45. The van der Waals surface area contributed by atoms with Crippen molar-refractivity contribution in [3.8, 4) is 0 Å². The van der Waals surface area contributed by atoms with Gasteiger partial charge in [-0.1, -0.05) is 26.3 Å². The molecule has 2 amide bonds. The molecule has 0 aliphatic carbocycles. The molecule has 6 nitrogen and oxygen atoms in total. The molecule has 2 unspecified atom stereocenters. The first-order valence-corrected chi connectivity index (χ1v) is 6.71. The van der Waals surface area contributed by atoms with Crippen LogP contribution in [0, 0.1) is 5.92 Å². The lowest BCUT2D eigenvalue weighted by Gasteiger charge is -2.20. The summed E-state index contributed by atoms with van der Waals surface area (Å²) in [7, 11) is 0. The van der Waals surface area contributed by atoms with Crippen LogP contribution in [0.15, 0.2) is 24.4 Å². The van der Waals surface area contributed by atoms with Gasteiger partial charge in [0.1, 0.15) is 6.04 Å². The largest absolute Gasteiger partial charge is 0.480 e. The fourth-order valence-corrected chi connectivity index (χ4v) is 1.73. The highest BCUT2D eigenvalue weighted by Crippen LogP contribution is 2.07. The lowest BCUT2D eigenvalue weighted by molar-refractivity contribution is -0.140. The molecule has 3 N–H and O–H groups in total.